The molecular formula is C13H15FN4O2S. The minimum atomic E-state index is -3.81. The predicted octanol–water partition coefficient (Wildman–Crippen LogP) is 1.60. The van der Waals surface area contributed by atoms with Gasteiger partial charge in [-0.1, -0.05) is 0 Å². The van der Waals surface area contributed by atoms with Gasteiger partial charge in [-0.05, 0) is 25.0 Å². The number of rotatable bonds is 6. The summed E-state index contributed by atoms with van der Waals surface area (Å²) in [5, 5.41) is 3.28. The molecule has 1 aliphatic carbocycles. The molecule has 0 aromatic carbocycles. The molecule has 2 aromatic heterocycles. The van der Waals surface area contributed by atoms with Gasteiger partial charge in [0.25, 0.3) is 10.0 Å². The Morgan fingerprint density at radius 3 is 2.95 bits per heavy atom. The van der Waals surface area contributed by atoms with E-state index in [4.69, 9.17) is 0 Å². The summed E-state index contributed by atoms with van der Waals surface area (Å²) in [6.45, 7) is 0.587. The zero-order chi connectivity index (χ0) is 14.9. The highest BCUT2D eigenvalue weighted by atomic mass is 32.2. The fourth-order valence-corrected chi connectivity index (χ4v) is 2.96. The first kappa shape index (κ1) is 14.0. The fourth-order valence-electron chi connectivity index (χ4n) is 1.88. The maximum Gasteiger partial charge on any atom is 0.263 e. The Bertz CT molecular complexity index is 740. The van der Waals surface area contributed by atoms with Crippen molar-refractivity contribution in [3.8, 4) is 0 Å². The number of aromatic amines is 1. The molecule has 0 bridgehead atoms. The van der Waals surface area contributed by atoms with E-state index in [0.29, 0.717) is 12.6 Å². The van der Waals surface area contributed by atoms with Gasteiger partial charge in [-0.3, -0.25) is 9.71 Å². The van der Waals surface area contributed by atoms with Crippen LogP contribution < -0.4 is 10.0 Å². The molecule has 0 radical (unpaired) electrons. The first-order valence-electron chi connectivity index (χ1n) is 6.57. The van der Waals surface area contributed by atoms with Crippen LogP contribution in [0, 0.1) is 5.82 Å². The van der Waals surface area contributed by atoms with Crippen molar-refractivity contribution in [2.45, 2.75) is 30.3 Å². The van der Waals surface area contributed by atoms with Crippen LogP contribution in [0.2, 0.25) is 0 Å². The highest BCUT2D eigenvalue weighted by Crippen LogP contribution is 2.21. The smallest absolute Gasteiger partial charge is 0.263 e. The van der Waals surface area contributed by atoms with Crippen molar-refractivity contribution in [2.75, 3.05) is 4.72 Å². The molecule has 0 unspecified atom stereocenters. The SMILES string of the molecule is O=S(=O)(Nc1ccncc1F)c1c[nH]c(CNC2CC2)c1. The van der Waals surface area contributed by atoms with Crippen molar-refractivity contribution in [1.82, 2.24) is 15.3 Å². The van der Waals surface area contributed by atoms with Crippen molar-refractivity contribution in [3.63, 3.8) is 0 Å². The second kappa shape index (κ2) is 5.45. The molecule has 1 fully saturated rings. The Labute approximate surface area is 121 Å². The Morgan fingerprint density at radius 2 is 2.24 bits per heavy atom. The number of H-pyrrole nitrogens is 1. The van der Waals surface area contributed by atoms with Crippen LogP contribution in [-0.4, -0.2) is 24.4 Å². The summed E-state index contributed by atoms with van der Waals surface area (Å²) in [5.74, 6) is -0.716. The first-order chi connectivity index (χ1) is 10.0. The highest BCUT2D eigenvalue weighted by molar-refractivity contribution is 7.92. The van der Waals surface area contributed by atoms with E-state index in [9.17, 15) is 12.8 Å². The molecule has 2 heterocycles. The van der Waals surface area contributed by atoms with Gasteiger partial charge >= 0.3 is 0 Å². The number of hydrogen-bond acceptors (Lipinski definition) is 4. The molecule has 21 heavy (non-hydrogen) atoms. The van der Waals surface area contributed by atoms with Gasteiger partial charge in [0.1, 0.15) is 4.90 Å². The van der Waals surface area contributed by atoms with E-state index in [0.717, 1.165) is 24.7 Å². The molecule has 3 rings (SSSR count). The monoisotopic (exact) mass is 310 g/mol. The lowest BCUT2D eigenvalue weighted by atomic mass is 10.4. The molecule has 0 atom stereocenters. The Balaban J connectivity index is 1.73. The normalized spacial score (nSPS) is 15.1. The standard InChI is InChI=1S/C13H15FN4O2S/c14-12-8-15-4-3-13(12)18-21(19,20)11-5-10(17-7-11)6-16-9-1-2-9/h3-5,7-9,16-17H,1-2,6H2,(H,15,18). The summed E-state index contributed by atoms with van der Waals surface area (Å²) in [4.78, 5) is 6.56. The van der Waals surface area contributed by atoms with Crippen LogP contribution in [0.5, 0.6) is 0 Å². The number of nitrogens with zero attached hydrogens (tertiary/aromatic N) is 1. The summed E-state index contributed by atoms with van der Waals surface area (Å²) in [6.07, 6.45) is 6.00. The molecule has 112 valence electrons. The average molecular weight is 310 g/mol. The van der Waals surface area contributed by atoms with Crippen LogP contribution in [0.4, 0.5) is 10.1 Å². The van der Waals surface area contributed by atoms with E-state index in [2.05, 4.69) is 20.0 Å². The zero-order valence-corrected chi connectivity index (χ0v) is 12.0. The van der Waals surface area contributed by atoms with E-state index < -0.39 is 15.8 Å². The number of aromatic nitrogens is 2. The number of anilines is 1. The molecule has 8 heteroatoms. The molecule has 1 saturated carbocycles. The van der Waals surface area contributed by atoms with Gasteiger partial charge in [-0.25, -0.2) is 12.8 Å². The van der Waals surface area contributed by atoms with Crippen LogP contribution in [-0.2, 0) is 16.6 Å². The topological polar surface area (TPSA) is 86.9 Å². The highest BCUT2D eigenvalue weighted by Gasteiger charge is 2.21. The first-order valence-corrected chi connectivity index (χ1v) is 8.06. The Hall–Kier alpha value is -1.93. The maximum absolute atomic E-state index is 13.5. The minimum Gasteiger partial charge on any atom is -0.363 e. The van der Waals surface area contributed by atoms with Crippen LogP contribution in [0.3, 0.4) is 0 Å². The molecule has 2 aromatic rings. The van der Waals surface area contributed by atoms with Crippen molar-refractivity contribution in [3.05, 3.63) is 42.2 Å². The predicted molar refractivity (Wildman–Crippen MR) is 75.7 cm³/mol. The lowest BCUT2D eigenvalue weighted by molar-refractivity contribution is 0.598. The average Bonchev–Trinajstić information content (AvgIpc) is 3.15. The van der Waals surface area contributed by atoms with Gasteiger partial charge in [0.05, 0.1) is 11.9 Å². The van der Waals surface area contributed by atoms with E-state index in [1.807, 2.05) is 0 Å². The lowest BCUT2D eigenvalue weighted by Gasteiger charge is -2.06. The van der Waals surface area contributed by atoms with Crippen molar-refractivity contribution < 1.29 is 12.8 Å². The third kappa shape index (κ3) is 3.40. The summed E-state index contributed by atoms with van der Waals surface area (Å²) in [6, 6.07) is 3.35. The molecule has 0 amide bonds. The molecule has 0 saturated heterocycles. The molecule has 6 nitrogen and oxygen atoms in total. The van der Waals surface area contributed by atoms with Gasteiger partial charge < -0.3 is 10.3 Å². The van der Waals surface area contributed by atoms with Crippen molar-refractivity contribution >= 4 is 15.7 Å². The van der Waals surface area contributed by atoms with E-state index >= 15 is 0 Å². The number of nitrogens with one attached hydrogen (secondary N) is 3. The van der Waals surface area contributed by atoms with E-state index in [1.165, 1.54) is 24.5 Å². The summed E-state index contributed by atoms with van der Waals surface area (Å²) in [7, 11) is -3.81. The van der Waals surface area contributed by atoms with E-state index in [1.54, 1.807) is 0 Å². The Morgan fingerprint density at radius 1 is 1.43 bits per heavy atom. The second-order valence-electron chi connectivity index (χ2n) is 4.98. The summed E-state index contributed by atoms with van der Waals surface area (Å²) in [5.41, 5.74) is 0.654. The minimum absolute atomic E-state index is 0.0753. The van der Waals surface area contributed by atoms with Gasteiger partial charge in [0.2, 0.25) is 0 Å². The zero-order valence-electron chi connectivity index (χ0n) is 11.1. The van der Waals surface area contributed by atoms with Crippen LogP contribution in [0.1, 0.15) is 18.5 Å². The van der Waals surface area contributed by atoms with Crippen LogP contribution in [0.15, 0.2) is 35.6 Å². The molecular weight excluding hydrogens is 295 g/mol. The largest absolute Gasteiger partial charge is 0.363 e. The summed E-state index contributed by atoms with van der Waals surface area (Å²) < 4.78 is 40.0. The summed E-state index contributed by atoms with van der Waals surface area (Å²) >= 11 is 0. The molecule has 1 aliphatic rings. The number of halogens is 1. The molecule has 0 aliphatic heterocycles. The fraction of sp³-hybridized carbons (Fsp3) is 0.308. The molecule has 3 N–H and O–H groups in total. The second-order valence-corrected chi connectivity index (χ2v) is 6.66. The van der Waals surface area contributed by atoms with Crippen LogP contribution >= 0.6 is 0 Å². The van der Waals surface area contributed by atoms with Gasteiger partial charge in [-0.15, -0.1) is 0 Å². The lowest BCUT2D eigenvalue weighted by Crippen LogP contribution is -2.15. The third-order valence-electron chi connectivity index (χ3n) is 3.20. The molecule has 0 spiro atoms. The quantitative estimate of drug-likeness (QED) is 0.756. The van der Waals surface area contributed by atoms with Gasteiger partial charge in [0, 0.05) is 30.7 Å². The van der Waals surface area contributed by atoms with Crippen LogP contribution in [0.25, 0.3) is 0 Å². The van der Waals surface area contributed by atoms with Crippen molar-refractivity contribution in [2.24, 2.45) is 0 Å². The van der Waals surface area contributed by atoms with Crippen molar-refractivity contribution in [1.29, 1.82) is 0 Å². The number of hydrogen-bond donors (Lipinski definition) is 3. The third-order valence-corrected chi connectivity index (χ3v) is 4.55. The number of pyridine rings is 1. The number of sulfonamides is 1. The van der Waals surface area contributed by atoms with E-state index in [-0.39, 0.29) is 10.6 Å². The maximum atomic E-state index is 13.5. The van der Waals surface area contributed by atoms with Gasteiger partial charge in [0.15, 0.2) is 5.82 Å². The Kier molecular flexibility index (Phi) is 3.64. The van der Waals surface area contributed by atoms with Gasteiger partial charge in [-0.2, -0.15) is 0 Å².